The zero-order valence-corrected chi connectivity index (χ0v) is 10.8. The van der Waals surface area contributed by atoms with Gasteiger partial charge in [-0.1, -0.05) is 29.4 Å². The Morgan fingerprint density at radius 2 is 1.95 bits per heavy atom. The summed E-state index contributed by atoms with van der Waals surface area (Å²) < 4.78 is 5.15. The number of nitrogens with zero attached hydrogens (tertiary/aromatic N) is 2. The number of fused-ring (bicyclic) bond motifs is 1. The highest BCUT2D eigenvalue weighted by Gasteiger charge is 2.28. The monoisotopic (exact) mass is 259 g/mol. The topological polar surface area (TPSA) is 85.2 Å². The Morgan fingerprint density at radius 1 is 1.32 bits per heavy atom. The maximum atomic E-state index is 9.44. The Hall–Kier alpha value is -1.72. The molecule has 3 rings (SSSR count). The molecule has 5 nitrogen and oxygen atoms in total. The summed E-state index contributed by atoms with van der Waals surface area (Å²) in [7, 11) is 0. The van der Waals surface area contributed by atoms with Gasteiger partial charge < -0.3 is 15.4 Å². The van der Waals surface area contributed by atoms with Gasteiger partial charge in [0.25, 0.3) is 0 Å². The third-order valence-electron chi connectivity index (χ3n) is 3.68. The Bertz CT molecular complexity index is 555. The van der Waals surface area contributed by atoms with Crippen molar-refractivity contribution >= 4 is 0 Å². The van der Waals surface area contributed by atoms with Gasteiger partial charge >= 0.3 is 0 Å². The van der Waals surface area contributed by atoms with Crippen LogP contribution < -0.4 is 5.73 Å². The van der Waals surface area contributed by atoms with Crippen molar-refractivity contribution in [3.05, 3.63) is 47.1 Å². The zero-order valence-electron chi connectivity index (χ0n) is 10.8. The fraction of sp³-hybridized carbons (Fsp3) is 0.429. The average Bonchev–Trinajstić information content (AvgIpc) is 3.03. The quantitative estimate of drug-likeness (QED) is 0.868. The molecule has 0 saturated heterocycles. The van der Waals surface area contributed by atoms with Crippen molar-refractivity contribution in [2.75, 3.05) is 0 Å². The summed E-state index contributed by atoms with van der Waals surface area (Å²) in [6.07, 6.45) is 1.16. The fourth-order valence-corrected chi connectivity index (χ4v) is 2.50. The Balaban J connectivity index is 1.79. The second-order valence-corrected chi connectivity index (χ2v) is 5.13. The number of rotatable bonds is 3. The summed E-state index contributed by atoms with van der Waals surface area (Å²) in [4.78, 5) is 4.33. The van der Waals surface area contributed by atoms with Gasteiger partial charge in [0.1, 0.15) is 6.04 Å². The maximum Gasteiger partial charge on any atom is 0.246 e. The second kappa shape index (κ2) is 4.75. The SMILES string of the molecule is C[C@@H](O)[C@H](N)c1nc(C2Cc3ccccc3C2)no1. The van der Waals surface area contributed by atoms with Crippen LogP contribution in [0.1, 0.15) is 41.7 Å². The molecule has 5 heteroatoms. The minimum atomic E-state index is -0.700. The summed E-state index contributed by atoms with van der Waals surface area (Å²) in [5.41, 5.74) is 8.48. The van der Waals surface area contributed by atoms with Crippen LogP contribution in [0.15, 0.2) is 28.8 Å². The lowest BCUT2D eigenvalue weighted by atomic mass is 10.1. The van der Waals surface area contributed by atoms with Crippen LogP contribution >= 0.6 is 0 Å². The minimum absolute atomic E-state index is 0.246. The number of benzene rings is 1. The molecule has 0 amide bonds. The molecule has 1 heterocycles. The van der Waals surface area contributed by atoms with Gasteiger partial charge in [0.2, 0.25) is 5.89 Å². The van der Waals surface area contributed by atoms with Crippen LogP contribution in [-0.2, 0) is 12.8 Å². The van der Waals surface area contributed by atoms with E-state index in [4.69, 9.17) is 10.3 Å². The molecule has 0 aliphatic heterocycles. The summed E-state index contributed by atoms with van der Waals surface area (Å²) >= 11 is 0. The van der Waals surface area contributed by atoms with E-state index in [0.717, 1.165) is 12.8 Å². The predicted molar refractivity (Wildman–Crippen MR) is 69.5 cm³/mol. The van der Waals surface area contributed by atoms with Gasteiger partial charge in [0.15, 0.2) is 5.82 Å². The summed E-state index contributed by atoms with van der Waals surface area (Å²) in [5, 5.41) is 13.4. The van der Waals surface area contributed by atoms with Crippen LogP contribution in [0.25, 0.3) is 0 Å². The molecule has 2 atom stereocenters. The first-order valence-corrected chi connectivity index (χ1v) is 6.49. The van der Waals surface area contributed by atoms with Gasteiger partial charge in [0.05, 0.1) is 6.10 Å². The molecule has 1 aromatic heterocycles. The molecule has 19 heavy (non-hydrogen) atoms. The van der Waals surface area contributed by atoms with Crippen LogP contribution in [0, 0.1) is 0 Å². The fourth-order valence-electron chi connectivity index (χ4n) is 2.50. The van der Waals surface area contributed by atoms with Crippen LogP contribution in [0.3, 0.4) is 0 Å². The number of hydrogen-bond acceptors (Lipinski definition) is 5. The molecule has 2 aromatic rings. The highest BCUT2D eigenvalue weighted by Crippen LogP contribution is 2.32. The van der Waals surface area contributed by atoms with E-state index in [1.54, 1.807) is 6.92 Å². The molecule has 0 unspecified atom stereocenters. The highest BCUT2D eigenvalue weighted by molar-refractivity contribution is 5.34. The third kappa shape index (κ3) is 2.27. The second-order valence-electron chi connectivity index (χ2n) is 5.13. The van der Waals surface area contributed by atoms with Gasteiger partial charge in [0, 0.05) is 5.92 Å². The lowest BCUT2D eigenvalue weighted by molar-refractivity contribution is 0.146. The number of nitrogens with two attached hydrogens (primary N) is 1. The Morgan fingerprint density at radius 3 is 2.53 bits per heavy atom. The molecule has 0 saturated carbocycles. The van der Waals surface area contributed by atoms with Crippen LogP contribution in [0.5, 0.6) is 0 Å². The smallest absolute Gasteiger partial charge is 0.246 e. The first-order chi connectivity index (χ1) is 9.15. The highest BCUT2D eigenvalue weighted by atomic mass is 16.5. The molecule has 3 N–H and O–H groups in total. The molecule has 1 aliphatic carbocycles. The molecule has 0 spiro atoms. The average molecular weight is 259 g/mol. The normalized spacial score (nSPS) is 18.3. The van der Waals surface area contributed by atoms with Crippen molar-refractivity contribution in [3.63, 3.8) is 0 Å². The predicted octanol–water partition coefficient (Wildman–Crippen LogP) is 1.33. The van der Waals surface area contributed by atoms with E-state index in [1.807, 2.05) is 12.1 Å². The first kappa shape index (κ1) is 12.3. The van der Waals surface area contributed by atoms with E-state index in [2.05, 4.69) is 22.3 Å². The van der Waals surface area contributed by atoms with Crippen LogP contribution in [0.2, 0.25) is 0 Å². The van der Waals surface area contributed by atoms with E-state index < -0.39 is 12.1 Å². The molecular weight excluding hydrogens is 242 g/mol. The number of aromatic nitrogens is 2. The van der Waals surface area contributed by atoms with Crippen molar-refractivity contribution in [2.24, 2.45) is 5.73 Å². The van der Waals surface area contributed by atoms with E-state index in [0.29, 0.717) is 11.7 Å². The first-order valence-electron chi connectivity index (χ1n) is 6.49. The van der Waals surface area contributed by atoms with Gasteiger partial charge in [-0.2, -0.15) is 4.98 Å². The van der Waals surface area contributed by atoms with Crippen molar-refractivity contribution in [1.29, 1.82) is 0 Å². The standard InChI is InChI=1S/C14H17N3O2/c1-8(18)12(15)14-16-13(17-19-14)11-6-9-4-2-3-5-10(9)7-11/h2-5,8,11-12,18H,6-7,15H2,1H3/t8-,12+/m1/s1. The maximum absolute atomic E-state index is 9.44. The van der Waals surface area contributed by atoms with Gasteiger partial charge in [-0.15, -0.1) is 0 Å². The van der Waals surface area contributed by atoms with Crippen molar-refractivity contribution in [1.82, 2.24) is 10.1 Å². The summed E-state index contributed by atoms with van der Waals surface area (Å²) in [6, 6.07) is 7.75. The van der Waals surface area contributed by atoms with Crippen LogP contribution in [0.4, 0.5) is 0 Å². The molecule has 1 aromatic carbocycles. The van der Waals surface area contributed by atoms with Gasteiger partial charge in [-0.3, -0.25) is 0 Å². The minimum Gasteiger partial charge on any atom is -0.391 e. The molecule has 1 aliphatic rings. The van der Waals surface area contributed by atoms with Crippen molar-refractivity contribution < 1.29 is 9.63 Å². The number of aliphatic hydroxyl groups is 1. The molecule has 0 fully saturated rings. The summed E-state index contributed by atoms with van der Waals surface area (Å²) in [6.45, 7) is 1.61. The van der Waals surface area contributed by atoms with E-state index >= 15 is 0 Å². The van der Waals surface area contributed by atoms with Crippen LogP contribution in [-0.4, -0.2) is 21.4 Å². The van der Waals surface area contributed by atoms with E-state index in [9.17, 15) is 5.11 Å². The molecule has 100 valence electrons. The largest absolute Gasteiger partial charge is 0.391 e. The lowest BCUT2D eigenvalue weighted by Crippen LogP contribution is -2.23. The van der Waals surface area contributed by atoms with E-state index in [1.165, 1.54) is 11.1 Å². The van der Waals surface area contributed by atoms with Crippen molar-refractivity contribution in [2.45, 2.75) is 37.8 Å². The van der Waals surface area contributed by atoms with E-state index in [-0.39, 0.29) is 5.92 Å². The zero-order chi connectivity index (χ0) is 13.4. The van der Waals surface area contributed by atoms with Gasteiger partial charge in [-0.25, -0.2) is 0 Å². The number of hydrogen-bond donors (Lipinski definition) is 2. The molecular formula is C14H17N3O2. The summed E-state index contributed by atoms with van der Waals surface area (Å²) in [5.74, 6) is 1.24. The Labute approximate surface area is 111 Å². The molecule has 0 bridgehead atoms. The van der Waals surface area contributed by atoms with Gasteiger partial charge in [-0.05, 0) is 30.9 Å². The third-order valence-corrected chi connectivity index (χ3v) is 3.68. The Kier molecular flexibility index (Phi) is 3.08. The molecule has 0 radical (unpaired) electrons. The lowest BCUT2D eigenvalue weighted by Gasteiger charge is -2.08. The number of aliphatic hydroxyl groups excluding tert-OH is 1. The van der Waals surface area contributed by atoms with Crippen molar-refractivity contribution in [3.8, 4) is 0 Å².